The van der Waals surface area contributed by atoms with Gasteiger partial charge in [-0.25, -0.2) is 0 Å². The molecule has 0 saturated carbocycles. The summed E-state index contributed by atoms with van der Waals surface area (Å²) in [5, 5.41) is 3.50. The number of nitrogens with one attached hydrogen (secondary N) is 1. The van der Waals surface area contributed by atoms with E-state index in [9.17, 15) is 0 Å². The molecule has 0 bridgehead atoms. The van der Waals surface area contributed by atoms with Gasteiger partial charge in [-0.3, -0.25) is 0 Å². The number of hydrogen-bond acceptors (Lipinski definition) is 1. The van der Waals surface area contributed by atoms with Crippen molar-refractivity contribution < 1.29 is 0 Å². The van der Waals surface area contributed by atoms with Gasteiger partial charge in [0.1, 0.15) is 0 Å². The second-order valence-electron chi connectivity index (χ2n) is 3.56. The fourth-order valence-electron chi connectivity index (χ4n) is 1.60. The van der Waals surface area contributed by atoms with Gasteiger partial charge in [-0.2, -0.15) is 0 Å². The molecule has 1 aliphatic heterocycles. The number of rotatable bonds is 2. The molecule has 0 radical (unpaired) electrons. The van der Waals surface area contributed by atoms with Crippen molar-refractivity contribution in [1.29, 1.82) is 0 Å². The molecule has 0 unspecified atom stereocenters. The summed E-state index contributed by atoms with van der Waals surface area (Å²) < 4.78 is 0. The molecule has 68 valence electrons. The fraction of sp³-hybridized carbons (Fsp3) is 0.636. The Labute approximate surface area is 75.6 Å². The van der Waals surface area contributed by atoms with Crippen molar-refractivity contribution in [2.24, 2.45) is 5.92 Å². The molecule has 0 fully saturated rings. The normalized spacial score (nSPS) is 18.0. The number of hydrogen-bond donors (Lipinski definition) is 1. The smallest absolute Gasteiger partial charge is 0.0178 e. The Morgan fingerprint density at radius 3 is 2.83 bits per heavy atom. The minimum Gasteiger partial charge on any atom is -0.388 e. The van der Waals surface area contributed by atoms with Gasteiger partial charge < -0.3 is 5.32 Å². The highest BCUT2D eigenvalue weighted by molar-refractivity contribution is 5.27. The van der Waals surface area contributed by atoms with Gasteiger partial charge in [-0.05, 0) is 24.3 Å². The molecule has 0 aromatic heterocycles. The van der Waals surface area contributed by atoms with Gasteiger partial charge in [0.2, 0.25) is 0 Å². The maximum atomic E-state index is 3.50. The van der Waals surface area contributed by atoms with Crippen LogP contribution in [0.5, 0.6) is 0 Å². The van der Waals surface area contributed by atoms with E-state index >= 15 is 0 Å². The van der Waals surface area contributed by atoms with Gasteiger partial charge >= 0.3 is 0 Å². The van der Waals surface area contributed by atoms with Crippen LogP contribution in [-0.4, -0.2) is 6.54 Å². The molecule has 1 N–H and O–H groups in total. The monoisotopic (exact) mass is 165 g/mol. The van der Waals surface area contributed by atoms with Crippen LogP contribution >= 0.6 is 0 Å². The predicted molar refractivity (Wildman–Crippen MR) is 53.9 cm³/mol. The van der Waals surface area contributed by atoms with Crippen molar-refractivity contribution in [3.05, 3.63) is 23.4 Å². The lowest BCUT2D eigenvalue weighted by atomic mass is 10.0. The molecule has 1 aliphatic rings. The van der Waals surface area contributed by atoms with Crippen molar-refractivity contribution in [2.45, 2.75) is 33.6 Å². The fourth-order valence-corrected chi connectivity index (χ4v) is 1.60. The van der Waals surface area contributed by atoms with Crippen LogP contribution in [0, 0.1) is 5.92 Å². The molecule has 12 heavy (non-hydrogen) atoms. The Bertz CT molecular complexity index is 199. The molecule has 1 rings (SSSR count). The van der Waals surface area contributed by atoms with E-state index in [0.717, 1.165) is 19.4 Å². The van der Waals surface area contributed by atoms with Crippen molar-refractivity contribution in [3.63, 3.8) is 0 Å². The van der Waals surface area contributed by atoms with Crippen LogP contribution in [0.3, 0.4) is 0 Å². The van der Waals surface area contributed by atoms with Crippen LogP contribution < -0.4 is 5.32 Å². The van der Waals surface area contributed by atoms with E-state index in [1.54, 1.807) is 0 Å². The summed E-state index contributed by atoms with van der Waals surface area (Å²) in [5.74, 6) is 0.627. The zero-order valence-electron chi connectivity index (χ0n) is 8.35. The summed E-state index contributed by atoms with van der Waals surface area (Å²) in [6.45, 7) is 7.80. The first kappa shape index (κ1) is 9.37. The maximum Gasteiger partial charge on any atom is 0.0178 e. The molecule has 0 spiro atoms. The Morgan fingerprint density at radius 2 is 2.25 bits per heavy atom. The molecule has 0 amide bonds. The van der Waals surface area contributed by atoms with Gasteiger partial charge in [0.25, 0.3) is 0 Å². The van der Waals surface area contributed by atoms with E-state index in [2.05, 4.69) is 38.2 Å². The van der Waals surface area contributed by atoms with Gasteiger partial charge in [0.15, 0.2) is 0 Å². The third-order valence-corrected chi connectivity index (χ3v) is 2.25. The highest BCUT2D eigenvalue weighted by Gasteiger charge is 2.08. The molecule has 0 saturated heterocycles. The molecular formula is C11H19N. The molecule has 1 heteroatoms. The second kappa shape index (κ2) is 4.34. The third kappa shape index (κ3) is 2.13. The van der Waals surface area contributed by atoms with Crippen LogP contribution in [0.4, 0.5) is 0 Å². The standard InChI is InChI=1S/C11H19N/c1-4-10-7-5-6-8-12-11(10)9(2)3/h5,7,9,12H,4,6,8H2,1-3H3. The molecule has 0 atom stereocenters. The SMILES string of the molecule is CCC1=C(C(C)C)NCCC=C1. The quantitative estimate of drug-likeness (QED) is 0.663. The average molecular weight is 165 g/mol. The van der Waals surface area contributed by atoms with Crippen molar-refractivity contribution >= 4 is 0 Å². The summed E-state index contributed by atoms with van der Waals surface area (Å²) in [6, 6.07) is 0. The summed E-state index contributed by atoms with van der Waals surface area (Å²) >= 11 is 0. The highest BCUT2D eigenvalue weighted by Crippen LogP contribution is 2.18. The van der Waals surface area contributed by atoms with Gasteiger partial charge in [0, 0.05) is 12.2 Å². The van der Waals surface area contributed by atoms with Gasteiger partial charge in [0.05, 0.1) is 0 Å². The summed E-state index contributed by atoms with van der Waals surface area (Å²) in [6.07, 6.45) is 6.83. The first-order valence-electron chi connectivity index (χ1n) is 4.89. The summed E-state index contributed by atoms with van der Waals surface area (Å²) in [5.41, 5.74) is 2.91. The average Bonchev–Trinajstić information content (AvgIpc) is 2.27. The highest BCUT2D eigenvalue weighted by atomic mass is 14.9. The first-order valence-corrected chi connectivity index (χ1v) is 4.89. The minimum absolute atomic E-state index is 0.627. The van der Waals surface area contributed by atoms with Crippen molar-refractivity contribution in [1.82, 2.24) is 5.32 Å². The van der Waals surface area contributed by atoms with Crippen LogP contribution in [0.2, 0.25) is 0 Å². The lowest BCUT2D eigenvalue weighted by Gasteiger charge is -2.15. The second-order valence-corrected chi connectivity index (χ2v) is 3.56. The molecule has 0 aromatic carbocycles. The lowest BCUT2D eigenvalue weighted by Crippen LogP contribution is -2.18. The van der Waals surface area contributed by atoms with Crippen LogP contribution in [0.15, 0.2) is 23.4 Å². The Balaban J connectivity index is 2.85. The van der Waals surface area contributed by atoms with Crippen LogP contribution in [0.25, 0.3) is 0 Å². The first-order chi connectivity index (χ1) is 5.75. The van der Waals surface area contributed by atoms with E-state index < -0.39 is 0 Å². The van der Waals surface area contributed by atoms with Crippen molar-refractivity contribution in [3.8, 4) is 0 Å². The molecular weight excluding hydrogens is 146 g/mol. The Kier molecular flexibility index (Phi) is 3.39. The Morgan fingerprint density at radius 1 is 1.50 bits per heavy atom. The molecule has 0 aliphatic carbocycles. The molecule has 1 heterocycles. The van der Waals surface area contributed by atoms with Gasteiger partial charge in [-0.1, -0.05) is 32.9 Å². The van der Waals surface area contributed by atoms with E-state index in [1.165, 1.54) is 11.3 Å². The van der Waals surface area contributed by atoms with E-state index in [0.29, 0.717) is 5.92 Å². The van der Waals surface area contributed by atoms with E-state index in [-0.39, 0.29) is 0 Å². The largest absolute Gasteiger partial charge is 0.388 e. The zero-order chi connectivity index (χ0) is 8.97. The number of allylic oxidation sites excluding steroid dienone is 3. The topological polar surface area (TPSA) is 12.0 Å². The maximum absolute atomic E-state index is 3.50. The third-order valence-electron chi connectivity index (χ3n) is 2.25. The van der Waals surface area contributed by atoms with Gasteiger partial charge in [-0.15, -0.1) is 0 Å². The van der Waals surface area contributed by atoms with E-state index in [1.807, 2.05) is 0 Å². The molecule has 1 nitrogen and oxygen atoms in total. The molecule has 0 aromatic rings. The van der Waals surface area contributed by atoms with Crippen LogP contribution in [-0.2, 0) is 0 Å². The lowest BCUT2D eigenvalue weighted by molar-refractivity contribution is 0.648. The predicted octanol–water partition coefficient (Wildman–Crippen LogP) is 2.86. The Hall–Kier alpha value is -0.720. The van der Waals surface area contributed by atoms with Crippen LogP contribution in [0.1, 0.15) is 33.6 Å². The minimum atomic E-state index is 0.627. The van der Waals surface area contributed by atoms with E-state index in [4.69, 9.17) is 0 Å². The zero-order valence-corrected chi connectivity index (χ0v) is 8.35. The summed E-state index contributed by atoms with van der Waals surface area (Å²) in [4.78, 5) is 0. The summed E-state index contributed by atoms with van der Waals surface area (Å²) in [7, 11) is 0. The van der Waals surface area contributed by atoms with Crippen molar-refractivity contribution in [2.75, 3.05) is 6.54 Å².